The Morgan fingerprint density at radius 3 is 2.55 bits per heavy atom. The van der Waals surface area contributed by atoms with Crippen LogP contribution in [0, 0.1) is 0 Å². The number of hydrogen-bond donors (Lipinski definition) is 1. The van der Waals surface area contributed by atoms with Gasteiger partial charge < -0.3 is 14.8 Å². The van der Waals surface area contributed by atoms with Gasteiger partial charge >= 0.3 is 11.9 Å². The van der Waals surface area contributed by atoms with E-state index in [1.165, 1.54) is 17.5 Å². The third-order valence-corrected chi connectivity index (χ3v) is 3.50. The molecule has 0 aliphatic rings. The van der Waals surface area contributed by atoms with Gasteiger partial charge in [-0.1, -0.05) is 0 Å². The number of aromatic nitrogens is 1. The van der Waals surface area contributed by atoms with Crippen LogP contribution in [0.15, 0.2) is 35.5 Å². The van der Waals surface area contributed by atoms with Crippen molar-refractivity contribution in [1.82, 2.24) is 4.98 Å². The predicted molar refractivity (Wildman–Crippen MR) is 84.6 cm³/mol. The number of benzene rings is 1. The fourth-order valence-corrected chi connectivity index (χ4v) is 2.44. The number of carbonyl (C=O) groups is 2. The smallest absolute Gasteiger partial charge is 0.347 e. The van der Waals surface area contributed by atoms with Crippen LogP contribution < -0.4 is 5.32 Å². The molecule has 0 aliphatic heterocycles. The molecule has 0 saturated heterocycles. The second-order valence-corrected chi connectivity index (χ2v) is 5.06. The number of ether oxygens (including phenoxy) is 2. The molecule has 0 spiro atoms. The molecule has 0 radical (unpaired) electrons. The molecular formula is C15H16N2O4S. The topological polar surface area (TPSA) is 77.5 Å². The van der Waals surface area contributed by atoms with E-state index in [2.05, 4.69) is 10.3 Å². The van der Waals surface area contributed by atoms with Gasteiger partial charge in [-0.25, -0.2) is 14.6 Å². The molecular weight excluding hydrogens is 304 g/mol. The van der Waals surface area contributed by atoms with E-state index in [9.17, 15) is 9.59 Å². The van der Waals surface area contributed by atoms with E-state index in [1.807, 2.05) is 18.2 Å². The molecule has 1 aromatic heterocycles. The molecule has 22 heavy (non-hydrogen) atoms. The van der Waals surface area contributed by atoms with Crippen LogP contribution in [-0.4, -0.2) is 30.1 Å². The highest BCUT2D eigenvalue weighted by Crippen LogP contribution is 2.22. The summed E-state index contributed by atoms with van der Waals surface area (Å²) in [5, 5.41) is 2.92. The third-order valence-electron chi connectivity index (χ3n) is 2.71. The van der Waals surface area contributed by atoms with Gasteiger partial charge in [0.25, 0.3) is 0 Å². The molecule has 7 heteroatoms. The van der Waals surface area contributed by atoms with Crippen LogP contribution in [0.5, 0.6) is 0 Å². The molecule has 0 unspecified atom stereocenters. The van der Waals surface area contributed by atoms with Crippen LogP contribution in [0.1, 0.15) is 13.8 Å². The molecule has 1 heterocycles. The third kappa shape index (κ3) is 3.82. The maximum atomic E-state index is 11.8. The van der Waals surface area contributed by atoms with Crippen molar-refractivity contribution < 1.29 is 19.1 Å². The monoisotopic (exact) mass is 320 g/mol. The first-order chi connectivity index (χ1) is 10.7. The summed E-state index contributed by atoms with van der Waals surface area (Å²) < 4.78 is 10.7. The molecule has 0 aliphatic carbocycles. The quantitative estimate of drug-likeness (QED) is 0.382. The van der Waals surface area contributed by atoms with E-state index < -0.39 is 11.9 Å². The number of nitrogens with zero attached hydrogens (tertiary/aromatic N) is 1. The lowest BCUT2D eigenvalue weighted by Gasteiger charge is -2.07. The molecule has 0 fully saturated rings. The summed E-state index contributed by atoms with van der Waals surface area (Å²) in [7, 11) is 0. The largest absolute Gasteiger partial charge is 0.462 e. The van der Waals surface area contributed by atoms with Gasteiger partial charge in [0.2, 0.25) is 0 Å². The van der Waals surface area contributed by atoms with Crippen LogP contribution in [0.2, 0.25) is 0 Å². The highest BCUT2D eigenvalue weighted by molar-refractivity contribution is 7.16. The Balaban J connectivity index is 2.20. The molecule has 116 valence electrons. The minimum atomic E-state index is -0.715. The molecule has 0 saturated carbocycles. The van der Waals surface area contributed by atoms with Crippen molar-refractivity contribution in [3.63, 3.8) is 0 Å². The summed E-state index contributed by atoms with van der Waals surface area (Å²) in [6, 6.07) is 5.56. The van der Waals surface area contributed by atoms with Crippen molar-refractivity contribution in [1.29, 1.82) is 0 Å². The van der Waals surface area contributed by atoms with Gasteiger partial charge in [-0.2, -0.15) is 0 Å². The fourth-order valence-electron chi connectivity index (χ4n) is 1.72. The van der Waals surface area contributed by atoms with Gasteiger partial charge in [0.1, 0.15) is 0 Å². The van der Waals surface area contributed by atoms with Crippen LogP contribution in [0.25, 0.3) is 10.2 Å². The van der Waals surface area contributed by atoms with Gasteiger partial charge in [0.15, 0.2) is 5.57 Å². The Bertz CT molecular complexity index is 688. The summed E-state index contributed by atoms with van der Waals surface area (Å²) in [6.45, 7) is 3.71. The van der Waals surface area contributed by atoms with Crippen molar-refractivity contribution >= 4 is 39.2 Å². The summed E-state index contributed by atoms with van der Waals surface area (Å²) >= 11 is 1.51. The SMILES string of the molecule is CCOC(=O)C(=CNc1ccc2ncsc2c1)C(=O)OCC. The molecule has 0 atom stereocenters. The van der Waals surface area contributed by atoms with Crippen LogP contribution in [0.3, 0.4) is 0 Å². The first-order valence-electron chi connectivity index (χ1n) is 6.80. The fraction of sp³-hybridized carbons (Fsp3) is 0.267. The van der Waals surface area contributed by atoms with E-state index >= 15 is 0 Å². The molecule has 0 bridgehead atoms. The zero-order valence-electron chi connectivity index (χ0n) is 12.3. The van der Waals surface area contributed by atoms with Gasteiger partial charge in [-0.3, -0.25) is 0 Å². The summed E-state index contributed by atoms with van der Waals surface area (Å²) in [5.74, 6) is -1.43. The predicted octanol–water partition coefficient (Wildman–Crippen LogP) is 2.72. The minimum Gasteiger partial charge on any atom is -0.462 e. The Labute approximate surface area is 131 Å². The van der Waals surface area contributed by atoms with Crippen molar-refractivity contribution in [3.8, 4) is 0 Å². The molecule has 6 nitrogen and oxygen atoms in total. The number of hydrogen-bond acceptors (Lipinski definition) is 7. The van der Waals surface area contributed by atoms with Crippen LogP contribution in [0.4, 0.5) is 5.69 Å². The average molecular weight is 320 g/mol. The number of esters is 2. The molecule has 1 aromatic carbocycles. The molecule has 2 rings (SSSR count). The normalized spacial score (nSPS) is 10.1. The molecule has 0 amide bonds. The van der Waals surface area contributed by atoms with Crippen molar-refractivity contribution in [2.75, 3.05) is 18.5 Å². The van der Waals surface area contributed by atoms with Crippen LogP contribution >= 0.6 is 11.3 Å². The van der Waals surface area contributed by atoms with E-state index in [0.29, 0.717) is 0 Å². The summed E-state index contributed by atoms with van der Waals surface area (Å²) in [4.78, 5) is 27.8. The zero-order valence-corrected chi connectivity index (χ0v) is 13.1. The summed E-state index contributed by atoms with van der Waals surface area (Å²) in [5.41, 5.74) is 3.22. The minimum absolute atomic E-state index is 0.173. The Morgan fingerprint density at radius 2 is 1.91 bits per heavy atom. The maximum absolute atomic E-state index is 11.8. The maximum Gasteiger partial charge on any atom is 0.347 e. The van der Waals surface area contributed by atoms with Gasteiger partial charge in [-0.15, -0.1) is 11.3 Å². The number of rotatable bonds is 6. The second-order valence-electron chi connectivity index (χ2n) is 4.18. The zero-order chi connectivity index (χ0) is 15.9. The number of carbonyl (C=O) groups excluding carboxylic acids is 2. The Kier molecular flexibility index (Phi) is 5.48. The average Bonchev–Trinajstić information content (AvgIpc) is 2.95. The second kappa shape index (κ2) is 7.56. The van der Waals surface area contributed by atoms with E-state index in [4.69, 9.17) is 9.47 Å². The van der Waals surface area contributed by atoms with Gasteiger partial charge in [-0.05, 0) is 32.0 Å². The molecule has 1 N–H and O–H groups in total. The molecule has 2 aromatic rings. The number of anilines is 1. The highest BCUT2D eigenvalue weighted by Gasteiger charge is 2.20. The van der Waals surface area contributed by atoms with E-state index in [1.54, 1.807) is 19.4 Å². The van der Waals surface area contributed by atoms with Gasteiger partial charge in [0, 0.05) is 11.9 Å². The lowest BCUT2D eigenvalue weighted by molar-refractivity contribution is -0.146. The standard InChI is InChI=1S/C15H16N2O4S/c1-3-20-14(18)11(15(19)21-4-2)8-16-10-5-6-12-13(7-10)22-9-17-12/h5-9,16H,3-4H2,1-2H3. The first-order valence-corrected chi connectivity index (χ1v) is 7.67. The van der Waals surface area contributed by atoms with Crippen molar-refractivity contribution in [2.45, 2.75) is 13.8 Å². The lowest BCUT2D eigenvalue weighted by atomic mass is 10.2. The number of fused-ring (bicyclic) bond motifs is 1. The lowest BCUT2D eigenvalue weighted by Crippen LogP contribution is -2.19. The van der Waals surface area contributed by atoms with E-state index in [-0.39, 0.29) is 18.8 Å². The van der Waals surface area contributed by atoms with Crippen molar-refractivity contribution in [2.24, 2.45) is 0 Å². The Hall–Kier alpha value is -2.41. The first kappa shape index (κ1) is 16.0. The van der Waals surface area contributed by atoms with E-state index in [0.717, 1.165) is 15.9 Å². The van der Waals surface area contributed by atoms with Crippen molar-refractivity contribution in [3.05, 3.63) is 35.5 Å². The van der Waals surface area contributed by atoms with Crippen LogP contribution in [-0.2, 0) is 19.1 Å². The van der Waals surface area contributed by atoms with Gasteiger partial charge in [0.05, 0.1) is 28.9 Å². The number of nitrogens with one attached hydrogen (secondary N) is 1. The number of thiazole rings is 1. The summed E-state index contributed by atoms with van der Waals surface area (Å²) in [6.07, 6.45) is 1.30. The highest BCUT2D eigenvalue weighted by atomic mass is 32.1. The Morgan fingerprint density at radius 1 is 1.23 bits per heavy atom.